The van der Waals surface area contributed by atoms with E-state index < -0.39 is 34.0 Å². The molecule has 2 N–H and O–H groups in total. The lowest BCUT2D eigenvalue weighted by Gasteiger charge is -2.22. The van der Waals surface area contributed by atoms with E-state index in [-0.39, 0.29) is 18.3 Å². The number of carbonyl (C=O) groups excluding carboxylic acids is 2. The van der Waals surface area contributed by atoms with E-state index in [4.69, 9.17) is 19.4 Å². The van der Waals surface area contributed by atoms with E-state index in [9.17, 15) is 18.0 Å². The van der Waals surface area contributed by atoms with Crippen LogP contribution in [0.4, 0.5) is 0 Å². The fraction of sp³-hybridized carbons (Fsp3) is 0.231. The third kappa shape index (κ3) is 5.21. The summed E-state index contributed by atoms with van der Waals surface area (Å²) in [5.74, 6) is -2.71. The van der Waals surface area contributed by atoms with Gasteiger partial charge in [0.1, 0.15) is 24.3 Å². The van der Waals surface area contributed by atoms with E-state index in [2.05, 4.69) is 0 Å². The van der Waals surface area contributed by atoms with E-state index in [1.165, 1.54) is 31.4 Å². The molecule has 3 aromatic carbocycles. The number of benzene rings is 3. The highest BCUT2D eigenvalue weighted by molar-refractivity contribution is 7.86. The summed E-state index contributed by atoms with van der Waals surface area (Å²) in [7, 11) is -2.51. The van der Waals surface area contributed by atoms with Gasteiger partial charge in [0, 0.05) is 5.92 Å². The largest absolute Gasteiger partial charge is 0.468 e. The third-order valence-corrected chi connectivity index (χ3v) is 6.42. The van der Waals surface area contributed by atoms with E-state index in [0.717, 1.165) is 28.5 Å². The molecule has 182 valence electrons. The van der Waals surface area contributed by atoms with Crippen LogP contribution in [-0.2, 0) is 29.2 Å². The van der Waals surface area contributed by atoms with E-state index >= 15 is 0 Å². The molecule has 0 bridgehead atoms. The second-order valence-corrected chi connectivity index (χ2v) is 9.82. The maximum atomic E-state index is 13.0. The van der Waals surface area contributed by atoms with Crippen LogP contribution < -0.4 is 9.92 Å². The van der Waals surface area contributed by atoms with Crippen molar-refractivity contribution >= 4 is 22.1 Å². The number of fused-ring (bicyclic) bond motifs is 3. The van der Waals surface area contributed by atoms with Gasteiger partial charge in [-0.1, -0.05) is 60.7 Å². The number of rotatable bonds is 8. The van der Waals surface area contributed by atoms with Crippen molar-refractivity contribution in [1.82, 2.24) is 0 Å². The molecular formula is C26H25NO7S. The van der Waals surface area contributed by atoms with Crippen LogP contribution in [0.5, 0.6) is 5.75 Å². The number of hydrogen-bond acceptors (Lipinski definition) is 8. The molecule has 0 aromatic heterocycles. The standard InChI is InChI=1S/C26H25NO7S/c1-32-25(28)23(16-11-13-17(14-12-16)34-35(2,30)31)24(27)26(29)33-15-22-20-9-5-3-7-18(20)19-8-4-6-10-21(19)22/h3-14,22-24H,15,27H2,1-2H3. The fourth-order valence-electron chi connectivity index (χ4n) is 4.36. The lowest BCUT2D eigenvalue weighted by molar-refractivity contribution is -0.152. The summed E-state index contributed by atoms with van der Waals surface area (Å²) in [6, 6.07) is 20.2. The van der Waals surface area contributed by atoms with Gasteiger partial charge in [-0.2, -0.15) is 8.42 Å². The highest BCUT2D eigenvalue weighted by Gasteiger charge is 2.36. The average Bonchev–Trinajstić information content (AvgIpc) is 3.16. The van der Waals surface area contributed by atoms with E-state index in [0.29, 0.717) is 5.56 Å². The summed E-state index contributed by atoms with van der Waals surface area (Å²) < 4.78 is 38.0. The summed E-state index contributed by atoms with van der Waals surface area (Å²) in [4.78, 5) is 25.5. The first-order valence-electron chi connectivity index (χ1n) is 10.9. The quantitative estimate of drug-likeness (QED) is 0.374. The zero-order chi connectivity index (χ0) is 25.2. The van der Waals surface area contributed by atoms with Crippen molar-refractivity contribution in [3.63, 3.8) is 0 Å². The van der Waals surface area contributed by atoms with Crippen LogP contribution in [0.1, 0.15) is 28.5 Å². The molecule has 0 spiro atoms. The van der Waals surface area contributed by atoms with Crippen LogP contribution in [0.15, 0.2) is 72.8 Å². The minimum Gasteiger partial charge on any atom is -0.468 e. The SMILES string of the molecule is COC(=O)C(c1ccc(OS(C)(=O)=O)cc1)C(N)C(=O)OCC1c2ccccc2-c2ccccc21. The molecule has 0 aliphatic heterocycles. The predicted molar refractivity (Wildman–Crippen MR) is 129 cm³/mol. The molecule has 0 heterocycles. The van der Waals surface area contributed by atoms with Gasteiger partial charge in [-0.25, -0.2) is 0 Å². The molecule has 0 saturated carbocycles. The fourth-order valence-corrected chi connectivity index (χ4v) is 4.82. The predicted octanol–water partition coefficient (Wildman–Crippen LogP) is 2.96. The van der Waals surface area contributed by atoms with Crippen molar-refractivity contribution in [2.24, 2.45) is 5.73 Å². The van der Waals surface area contributed by atoms with Gasteiger partial charge in [0.2, 0.25) is 0 Å². The van der Waals surface area contributed by atoms with Gasteiger partial charge < -0.3 is 19.4 Å². The van der Waals surface area contributed by atoms with Gasteiger partial charge in [-0.05, 0) is 39.9 Å². The van der Waals surface area contributed by atoms with E-state index in [1.54, 1.807) is 0 Å². The Hall–Kier alpha value is -3.69. The summed E-state index contributed by atoms with van der Waals surface area (Å²) >= 11 is 0. The molecule has 1 aliphatic rings. The Morgan fingerprint density at radius 2 is 1.43 bits per heavy atom. The number of methoxy groups -OCH3 is 1. The molecular weight excluding hydrogens is 470 g/mol. The van der Waals surface area contributed by atoms with Gasteiger partial charge in [0.15, 0.2) is 0 Å². The molecule has 2 atom stereocenters. The molecule has 1 aliphatic carbocycles. The van der Waals surface area contributed by atoms with Gasteiger partial charge in [-0.15, -0.1) is 0 Å². The van der Waals surface area contributed by atoms with Crippen LogP contribution in [0.3, 0.4) is 0 Å². The van der Waals surface area contributed by atoms with Gasteiger partial charge >= 0.3 is 22.1 Å². The number of nitrogens with two attached hydrogens (primary N) is 1. The highest BCUT2D eigenvalue weighted by atomic mass is 32.2. The van der Waals surface area contributed by atoms with Crippen molar-refractivity contribution < 1.29 is 31.7 Å². The van der Waals surface area contributed by atoms with Crippen molar-refractivity contribution in [2.75, 3.05) is 20.0 Å². The second-order valence-electron chi connectivity index (χ2n) is 8.24. The monoisotopic (exact) mass is 495 g/mol. The Kier molecular flexibility index (Phi) is 6.90. The van der Waals surface area contributed by atoms with Gasteiger partial charge in [0.25, 0.3) is 0 Å². The molecule has 8 nitrogen and oxygen atoms in total. The number of carbonyl (C=O) groups is 2. The number of ether oxygens (including phenoxy) is 2. The third-order valence-electron chi connectivity index (χ3n) is 5.93. The molecule has 0 saturated heterocycles. The number of hydrogen-bond donors (Lipinski definition) is 1. The van der Waals surface area contributed by atoms with Gasteiger partial charge in [-0.3, -0.25) is 9.59 Å². The zero-order valence-corrected chi connectivity index (χ0v) is 20.0. The molecule has 0 fully saturated rings. The minimum absolute atomic E-state index is 0.0644. The van der Waals surface area contributed by atoms with Crippen molar-refractivity contribution in [2.45, 2.75) is 17.9 Å². The topological polar surface area (TPSA) is 122 Å². The summed E-state index contributed by atoms with van der Waals surface area (Å²) in [5.41, 5.74) is 10.8. The lowest BCUT2D eigenvalue weighted by Crippen LogP contribution is -2.42. The highest BCUT2D eigenvalue weighted by Crippen LogP contribution is 2.44. The Bertz CT molecular complexity index is 1310. The maximum absolute atomic E-state index is 13.0. The molecule has 2 unspecified atom stereocenters. The summed E-state index contributed by atoms with van der Waals surface area (Å²) in [5, 5.41) is 0. The Morgan fingerprint density at radius 3 is 1.94 bits per heavy atom. The van der Waals surface area contributed by atoms with E-state index in [1.807, 2.05) is 48.5 Å². The van der Waals surface area contributed by atoms with Crippen LogP contribution in [0.2, 0.25) is 0 Å². The Morgan fingerprint density at radius 1 is 0.886 bits per heavy atom. The van der Waals surface area contributed by atoms with Crippen molar-refractivity contribution in [1.29, 1.82) is 0 Å². The summed E-state index contributed by atoms with van der Waals surface area (Å²) in [6.07, 6.45) is 0.922. The van der Waals surface area contributed by atoms with Crippen molar-refractivity contribution in [3.05, 3.63) is 89.5 Å². The van der Waals surface area contributed by atoms with Gasteiger partial charge in [0.05, 0.1) is 13.4 Å². The van der Waals surface area contributed by atoms with Crippen LogP contribution in [0, 0.1) is 0 Å². The van der Waals surface area contributed by atoms with Crippen LogP contribution in [0.25, 0.3) is 11.1 Å². The molecule has 3 aromatic rings. The minimum atomic E-state index is -3.71. The summed E-state index contributed by atoms with van der Waals surface area (Å²) in [6.45, 7) is 0.0651. The molecule has 0 amide bonds. The number of esters is 2. The maximum Gasteiger partial charge on any atom is 0.324 e. The average molecular weight is 496 g/mol. The normalized spacial score (nSPS) is 14.4. The first kappa shape index (κ1) is 24.4. The smallest absolute Gasteiger partial charge is 0.324 e. The van der Waals surface area contributed by atoms with Crippen LogP contribution >= 0.6 is 0 Å². The first-order chi connectivity index (χ1) is 16.7. The molecule has 0 radical (unpaired) electrons. The lowest BCUT2D eigenvalue weighted by atomic mass is 9.91. The zero-order valence-electron chi connectivity index (χ0n) is 19.2. The molecule has 35 heavy (non-hydrogen) atoms. The van der Waals surface area contributed by atoms with Crippen LogP contribution in [-0.4, -0.2) is 46.4 Å². The Balaban J connectivity index is 1.52. The van der Waals surface area contributed by atoms with Crippen molar-refractivity contribution in [3.8, 4) is 16.9 Å². The molecule has 9 heteroatoms. The first-order valence-corrected chi connectivity index (χ1v) is 12.7. The molecule has 4 rings (SSSR count). The second kappa shape index (κ2) is 9.89. The Labute approximate surface area is 203 Å².